The zero-order chi connectivity index (χ0) is 43.5. The van der Waals surface area contributed by atoms with E-state index in [2.05, 4.69) is 50.2 Å². The van der Waals surface area contributed by atoms with Crippen LogP contribution in [0.15, 0.2) is 87.5 Å². The van der Waals surface area contributed by atoms with Gasteiger partial charge in [-0.3, -0.25) is 9.59 Å². The Morgan fingerprint density at radius 3 is 1.17 bits per heavy atom. The molecule has 2 saturated carbocycles. The molecular weight excluding hydrogens is 825 g/mol. The van der Waals surface area contributed by atoms with Gasteiger partial charge in [0.2, 0.25) is 0 Å². The molecule has 9 nitrogen and oxygen atoms in total. The summed E-state index contributed by atoms with van der Waals surface area (Å²) in [4.78, 5) is 28.4. The number of hydrogen-bond acceptors (Lipinski definition) is 9. The maximum absolute atomic E-state index is 12.4. The first-order chi connectivity index (χ1) is 27.3. The molecule has 2 aliphatic heterocycles. The minimum atomic E-state index is -10.7. The Hall–Kier alpha value is -3.72. The van der Waals surface area contributed by atoms with Crippen LogP contribution in [0.5, 0.6) is 17.2 Å². The van der Waals surface area contributed by atoms with E-state index in [0.717, 1.165) is 55.8 Å². The molecule has 4 aliphatic rings. The van der Waals surface area contributed by atoms with E-state index in [1.165, 1.54) is 14.7 Å². The van der Waals surface area contributed by atoms with Gasteiger partial charge in [-0.05, 0) is 125 Å². The Morgan fingerprint density at radius 1 is 0.627 bits per heavy atom. The van der Waals surface area contributed by atoms with Crippen molar-refractivity contribution in [1.82, 2.24) is 0 Å². The summed E-state index contributed by atoms with van der Waals surface area (Å²) in [5, 5.41) is 0. The van der Waals surface area contributed by atoms with Gasteiger partial charge in [0.15, 0.2) is 14.7 Å². The molecule has 6 unspecified atom stereocenters. The Bertz CT molecular complexity index is 1740. The predicted octanol–water partition coefficient (Wildman–Crippen LogP) is 11.2. The van der Waals surface area contributed by atoms with Crippen molar-refractivity contribution in [3.8, 4) is 17.2 Å². The first-order valence-corrected chi connectivity index (χ1v) is 22.5. The van der Waals surface area contributed by atoms with E-state index in [0.29, 0.717) is 0 Å². The number of hydrogen-bond donors (Lipinski definition) is 0. The van der Waals surface area contributed by atoms with Crippen LogP contribution < -0.4 is 14.2 Å². The molecule has 3 aromatic rings. The van der Waals surface area contributed by atoms with Crippen LogP contribution in [0.1, 0.15) is 66.2 Å². The van der Waals surface area contributed by atoms with Gasteiger partial charge in [-0.2, -0.15) is 0 Å². The number of benzene rings is 3. The molecule has 7 rings (SSSR count). The molecule has 0 bridgehead atoms. The standard InChI is InChI=1S/C21H32O6.C21H21O3S.F6P/c1-19(2,11-24-17(22)13-5-7-20(3)15(9-13)26-20)12-25-18(23)14-6-8-21(4)16(10-14)27-21;1-22-16-4-10-19(11-5-16)25(20-12-6-17(23-2)7-13-20)21-14-8-18(24-3)9-15-21;1-7(2,3,4,5)6/h13-16H,5-12H2,1-4H3;4-15H,1-3H3;/q;+1;-1. The second kappa shape index (κ2) is 17.0. The van der Waals surface area contributed by atoms with Crippen molar-refractivity contribution >= 4 is 30.6 Å². The zero-order valence-electron chi connectivity index (χ0n) is 34.2. The molecular formula is C42H53F6O9PS. The molecule has 59 heavy (non-hydrogen) atoms. The third-order valence-electron chi connectivity index (χ3n) is 10.8. The number of carbonyl (C=O) groups is 2. The van der Waals surface area contributed by atoms with Gasteiger partial charge >= 0.3 is 44.9 Å². The van der Waals surface area contributed by atoms with Crippen LogP contribution in [0.25, 0.3) is 0 Å². The summed E-state index contributed by atoms with van der Waals surface area (Å²) in [7, 11) is -5.82. The second-order valence-corrected chi connectivity index (χ2v) is 20.4. The fourth-order valence-electron chi connectivity index (χ4n) is 7.07. The average Bonchev–Trinajstić information content (AvgIpc) is 4.07. The van der Waals surface area contributed by atoms with E-state index in [9.17, 15) is 34.8 Å². The van der Waals surface area contributed by atoms with Gasteiger partial charge in [0.1, 0.15) is 17.2 Å². The number of epoxide rings is 2. The van der Waals surface area contributed by atoms with E-state index in [-0.39, 0.29) is 71.3 Å². The van der Waals surface area contributed by atoms with Gasteiger partial charge in [-0.1, -0.05) is 13.8 Å². The fourth-order valence-corrected chi connectivity index (χ4v) is 9.11. The number of halogens is 6. The van der Waals surface area contributed by atoms with Crippen LogP contribution >= 0.6 is 7.81 Å². The molecule has 328 valence electrons. The number of esters is 2. The average molecular weight is 879 g/mol. The summed E-state index contributed by atoms with van der Waals surface area (Å²) in [6.45, 7) is 8.65. The predicted molar refractivity (Wildman–Crippen MR) is 212 cm³/mol. The van der Waals surface area contributed by atoms with Gasteiger partial charge in [0, 0.05) is 5.41 Å². The van der Waals surface area contributed by atoms with Crippen LogP contribution in [0, 0.1) is 17.3 Å². The van der Waals surface area contributed by atoms with Gasteiger partial charge in [-0.25, -0.2) is 0 Å². The molecule has 2 aliphatic carbocycles. The minimum absolute atomic E-state index is 0.00627. The first-order valence-electron chi connectivity index (χ1n) is 19.2. The summed E-state index contributed by atoms with van der Waals surface area (Å²) in [5.74, 6) is 2.14. The summed E-state index contributed by atoms with van der Waals surface area (Å²) in [6, 6.07) is 24.7. The Morgan fingerprint density at radius 2 is 0.915 bits per heavy atom. The molecule has 0 N–H and O–H groups in total. The quantitative estimate of drug-likeness (QED) is 0.0578. The molecule has 0 radical (unpaired) electrons. The Balaban J connectivity index is 0.000000194. The Kier molecular flexibility index (Phi) is 13.3. The van der Waals surface area contributed by atoms with Gasteiger partial charge in [-0.15, -0.1) is 0 Å². The molecule has 4 fully saturated rings. The zero-order valence-corrected chi connectivity index (χ0v) is 35.9. The molecule has 2 saturated heterocycles. The molecule has 0 amide bonds. The van der Waals surface area contributed by atoms with Crippen LogP contribution in [-0.4, -0.2) is 69.9 Å². The van der Waals surface area contributed by atoms with Crippen molar-refractivity contribution in [1.29, 1.82) is 0 Å². The normalized spacial score (nSPS) is 26.7. The topological polar surface area (TPSA) is 105 Å². The SMILES string of the molecule is CC(C)(COC(=O)C1CCC2(C)OC2C1)COC(=O)C1CCC2(C)OC2C1.COc1ccc([S+](c2ccc(OC)cc2)c2ccc(OC)cc2)cc1.F[P-](F)(F)(F)(F)F. The summed E-state index contributed by atoms with van der Waals surface area (Å²) >= 11 is 0. The number of carbonyl (C=O) groups excluding carboxylic acids is 2. The van der Waals surface area contributed by atoms with Gasteiger partial charge < -0.3 is 33.2 Å². The van der Waals surface area contributed by atoms with Crippen molar-refractivity contribution in [3.63, 3.8) is 0 Å². The van der Waals surface area contributed by atoms with E-state index in [4.69, 9.17) is 33.2 Å². The van der Waals surface area contributed by atoms with Crippen molar-refractivity contribution < 1.29 is 67.9 Å². The molecule has 0 spiro atoms. The molecule has 3 aromatic carbocycles. The van der Waals surface area contributed by atoms with Crippen LogP contribution in [-0.2, 0) is 39.4 Å². The van der Waals surface area contributed by atoms with Crippen molar-refractivity contribution in [2.45, 2.75) is 104 Å². The summed E-state index contributed by atoms with van der Waals surface area (Å²) in [5.41, 5.74) is -0.386. The van der Waals surface area contributed by atoms with Crippen molar-refractivity contribution in [2.75, 3.05) is 34.5 Å². The number of ether oxygens (including phenoxy) is 7. The Labute approximate surface area is 343 Å². The third-order valence-corrected chi connectivity index (χ3v) is 13.0. The van der Waals surface area contributed by atoms with E-state index >= 15 is 0 Å². The number of fused-ring (bicyclic) bond motifs is 2. The van der Waals surface area contributed by atoms with Crippen LogP contribution in [0.2, 0.25) is 0 Å². The fraction of sp³-hybridized carbons (Fsp3) is 0.524. The van der Waals surface area contributed by atoms with E-state index in [1.807, 2.05) is 50.2 Å². The van der Waals surface area contributed by atoms with Gasteiger partial charge in [0.25, 0.3) is 0 Å². The maximum atomic E-state index is 12.4. The molecule has 2 heterocycles. The first kappa shape index (κ1) is 46.3. The summed E-state index contributed by atoms with van der Waals surface area (Å²) < 4.78 is 97.5. The molecule has 6 atom stereocenters. The van der Waals surface area contributed by atoms with Crippen molar-refractivity contribution in [3.05, 3.63) is 72.8 Å². The van der Waals surface area contributed by atoms with E-state index in [1.54, 1.807) is 21.3 Å². The van der Waals surface area contributed by atoms with Crippen LogP contribution in [0.3, 0.4) is 0 Å². The number of methoxy groups -OCH3 is 3. The monoisotopic (exact) mass is 878 g/mol. The van der Waals surface area contributed by atoms with Crippen molar-refractivity contribution in [2.24, 2.45) is 17.3 Å². The van der Waals surface area contributed by atoms with Crippen LogP contribution in [0.4, 0.5) is 25.2 Å². The third kappa shape index (κ3) is 14.2. The number of rotatable bonds is 12. The molecule has 17 heteroatoms. The van der Waals surface area contributed by atoms with E-state index < -0.39 is 13.2 Å². The molecule has 0 aromatic heterocycles. The van der Waals surface area contributed by atoms with Gasteiger partial charge in [0.05, 0.1) is 80.7 Å². The summed E-state index contributed by atoms with van der Waals surface area (Å²) in [6.07, 6.45) is 5.43. The second-order valence-electron chi connectivity index (χ2n) is 16.5.